The predicted molar refractivity (Wildman–Crippen MR) is 79.7 cm³/mol. The minimum absolute atomic E-state index is 0.0462. The highest BCUT2D eigenvalue weighted by atomic mass is 16.5. The van der Waals surface area contributed by atoms with Gasteiger partial charge >= 0.3 is 5.97 Å². The third-order valence-corrected chi connectivity index (χ3v) is 3.10. The molecule has 0 spiro atoms. The van der Waals surface area contributed by atoms with Gasteiger partial charge in [-0.3, -0.25) is 4.79 Å². The van der Waals surface area contributed by atoms with E-state index in [2.05, 4.69) is 5.32 Å². The summed E-state index contributed by atoms with van der Waals surface area (Å²) in [6.45, 7) is 3.89. The van der Waals surface area contributed by atoms with Crippen LogP contribution in [0.5, 0.6) is 5.75 Å². The number of carboxylic acid groups (broad SMARTS) is 1. The number of hydrogen-bond acceptors (Lipinski definition) is 3. The number of carbonyl (C=O) groups is 2. The SMILES string of the molecule is CCNC(=O)C(C)Oc1cc2ccccc2cc1C(=O)O. The molecule has 0 saturated heterocycles. The molecular formula is C16H17NO4. The third-order valence-electron chi connectivity index (χ3n) is 3.10. The second-order valence-corrected chi connectivity index (χ2v) is 4.66. The molecule has 5 nitrogen and oxygen atoms in total. The molecule has 0 bridgehead atoms. The van der Waals surface area contributed by atoms with Crippen LogP contribution < -0.4 is 10.1 Å². The lowest BCUT2D eigenvalue weighted by Crippen LogP contribution is -2.36. The first-order valence-corrected chi connectivity index (χ1v) is 6.73. The molecule has 0 radical (unpaired) electrons. The average molecular weight is 287 g/mol. The summed E-state index contributed by atoms with van der Waals surface area (Å²) in [6, 6.07) is 10.6. The van der Waals surface area contributed by atoms with Gasteiger partial charge in [-0.1, -0.05) is 24.3 Å². The van der Waals surface area contributed by atoms with E-state index in [1.165, 1.54) is 0 Å². The lowest BCUT2D eigenvalue weighted by atomic mass is 10.1. The van der Waals surface area contributed by atoms with E-state index in [1.807, 2.05) is 31.2 Å². The van der Waals surface area contributed by atoms with Gasteiger partial charge < -0.3 is 15.2 Å². The van der Waals surface area contributed by atoms with Gasteiger partial charge in [0.2, 0.25) is 0 Å². The average Bonchev–Trinajstić information content (AvgIpc) is 2.46. The molecule has 2 N–H and O–H groups in total. The minimum Gasteiger partial charge on any atom is -0.480 e. The first-order chi connectivity index (χ1) is 10.0. The number of carboxylic acids is 1. The zero-order chi connectivity index (χ0) is 15.4. The Kier molecular flexibility index (Phi) is 4.42. The highest BCUT2D eigenvalue weighted by Crippen LogP contribution is 2.27. The Bertz CT molecular complexity index is 681. The molecule has 21 heavy (non-hydrogen) atoms. The Morgan fingerprint density at radius 1 is 1.24 bits per heavy atom. The van der Waals surface area contributed by atoms with Crippen molar-refractivity contribution in [3.63, 3.8) is 0 Å². The Morgan fingerprint density at radius 3 is 2.43 bits per heavy atom. The second kappa shape index (κ2) is 6.26. The van der Waals surface area contributed by atoms with Crippen LogP contribution >= 0.6 is 0 Å². The molecule has 1 amide bonds. The second-order valence-electron chi connectivity index (χ2n) is 4.66. The van der Waals surface area contributed by atoms with E-state index < -0.39 is 12.1 Å². The number of fused-ring (bicyclic) bond motifs is 1. The van der Waals surface area contributed by atoms with Gasteiger partial charge in [0.25, 0.3) is 5.91 Å². The lowest BCUT2D eigenvalue weighted by molar-refractivity contribution is -0.127. The molecule has 110 valence electrons. The van der Waals surface area contributed by atoms with Crippen molar-refractivity contribution in [2.45, 2.75) is 20.0 Å². The molecule has 0 aliphatic rings. The van der Waals surface area contributed by atoms with E-state index in [0.717, 1.165) is 10.8 Å². The van der Waals surface area contributed by atoms with Crippen molar-refractivity contribution in [3.05, 3.63) is 42.0 Å². The number of hydrogen-bond donors (Lipinski definition) is 2. The molecule has 0 aromatic heterocycles. The molecule has 0 heterocycles. The third kappa shape index (κ3) is 3.31. The summed E-state index contributed by atoms with van der Waals surface area (Å²) < 4.78 is 5.54. The monoisotopic (exact) mass is 287 g/mol. The summed E-state index contributed by atoms with van der Waals surface area (Å²) >= 11 is 0. The minimum atomic E-state index is -1.08. The van der Waals surface area contributed by atoms with Crippen LogP contribution in [0, 0.1) is 0 Å². The van der Waals surface area contributed by atoms with Gasteiger partial charge in [-0.05, 0) is 36.8 Å². The van der Waals surface area contributed by atoms with Crippen molar-refractivity contribution in [1.82, 2.24) is 5.32 Å². The van der Waals surface area contributed by atoms with E-state index in [4.69, 9.17) is 4.74 Å². The van der Waals surface area contributed by atoms with Crippen LogP contribution in [0.1, 0.15) is 24.2 Å². The number of nitrogens with one attached hydrogen (secondary N) is 1. The summed E-state index contributed by atoms with van der Waals surface area (Å²) in [5.74, 6) is -1.17. The van der Waals surface area contributed by atoms with Gasteiger partial charge in [0.1, 0.15) is 11.3 Å². The van der Waals surface area contributed by atoms with Crippen LogP contribution in [0.3, 0.4) is 0 Å². The standard InChI is InChI=1S/C16H17NO4/c1-3-17-15(18)10(2)21-14-9-12-7-5-4-6-11(12)8-13(14)16(19)20/h4-10H,3H2,1-2H3,(H,17,18)(H,19,20). The highest BCUT2D eigenvalue weighted by Gasteiger charge is 2.19. The molecule has 0 aliphatic heterocycles. The van der Waals surface area contributed by atoms with Gasteiger partial charge in [0, 0.05) is 6.54 Å². The van der Waals surface area contributed by atoms with E-state index in [1.54, 1.807) is 19.1 Å². The molecule has 2 aromatic rings. The highest BCUT2D eigenvalue weighted by molar-refractivity contribution is 5.98. The summed E-state index contributed by atoms with van der Waals surface area (Å²) in [5.41, 5.74) is 0.0462. The zero-order valence-corrected chi connectivity index (χ0v) is 11.9. The molecule has 5 heteroatoms. The fraction of sp³-hybridized carbons (Fsp3) is 0.250. The van der Waals surface area contributed by atoms with Crippen LogP contribution in [0.4, 0.5) is 0 Å². The molecule has 1 unspecified atom stereocenters. The predicted octanol–water partition coefficient (Wildman–Crippen LogP) is 2.44. The first kappa shape index (κ1) is 14.8. The number of benzene rings is 2. The fourth-order valence-corrected chi connectivity index (χ4v) is 2.05. The van der Waals surface area contributed by atoms with Crippen molar-refractivity contribution in [1.29, 1.82) is 0 Å². The molecule has 0 fully saturated rings. The normalized spacial score (nSPS) is 11.9. The van der Waals surface area contributed by atoms with Crippen molar-refractivity contribution in [3.8, 4) is 5.75 Å². The summed E-state index contributed by atoms with van der Waals surface area (Å²) in [5, 5.41) is 13.6. The van der Waals surface area contributed by atoms with Crippen molar-refractivity contribution >= 4 is 22.6 Å². The van der Waals surface area contributed by atoms with Gasteiger partial charge in [-0.2, -0.15) is 0 Å². The Labute approximate surface area is 122 Å². The Hall–Kier alpha value is -2.56. The first-order valence-electron chi connectivity index (χ1n) is 6.73. The molecule has 0 aliphatic carbocycles. The van der Waals surface area contributed by atoms with Crippen LogP contribution in [-0.2, 0) is 4.79 Å². The molecule has 2 aromatic carbocycles. The number of carbonyl (C=O) groups excluding carboxylic acids is 1. The summed E-state index contributed by atoms with van der Waals surface area (Å²) in [6.07, 6.45) is -0.760. The van der Waals surface area contributed by atoms with Gasteiger partial charge in [-0.25, -0.2) is 4.79 Å². The van der Waals surface area contributed by atoms with E-state index in [0.29, 0.717) is 6.54 Å². The Balaban J connectivity index is 2.39. The van der Waals surface area contributed by atoms with Crippen molar-refractivity contribution in [2.75, 3.05) is 6.54 Å². The lowest BCUT2D eigenvalue weighted by Gasteiger charge is -2.16. The fourth-order valence-electron chi connectivity index (χ4n) is 2.05. The summed E-state index contributed by atoms with van der Waals surface area (Å²) in [4.78, 5) is 23.1. The molecule has 2 rings (SSSR count). The number of ether oxygens (including phenoxy) is 1. The topological polar surface area (TPSA) is 75.6 Å². The number of aromatic carboxylic acids is 1. The Morgan fingerprint density at radius 2 is 1.86 bits per heavy atom. The maximum Gasteiger partial charge on any atom is 0.339 e. The number of likely N-dealkylation sites (N-methyl/N-ethyl adjacent to an activating group) is 1. The van der Waals surface area contributed by atoms with Crippen LogP contribution in [-0.4, -0.2) is 29.6 Å². The van der Waals surface area contributed by atoms with E-state index >= 15 is 0 Å². The van der Waals surface area contributed by atoms with Crippen LogP contribution in [0.2, 0.25) is 0 Å². The number of rotatable bonds is 5. The smallest absolute Gasteiger partial charge is 0.339 e. The van der Waals surface area contributed by atoms with Gasteiger partial charge in [0.05, 0.1) is 0 Å². The number of amides is 1. The van der Waals surface area contributed by atoms with Crippen LogP contribution in [0.15, 0.2) is 36.4 Å². The molecular weight excluding hydrogens is 270 g/mol. The molecule has 0 saturated carbocycles. The van der Waals surface area contributed by atoms with E-state index in [9.17, 15) is 14.7 Å². The summed E-state index contributed by atoms with van der Waals surface area (Å²) in [7, 11) is 0. The largest absolute Gasteiger partial charge is 0.480 e. The maximum absolute atomic E-state index is 11.7. The molecule has 1 atom stereocenters. The van der Waals surface area contributed by atoms with Gasteiger partial charge in [0.15, 0.2) is 6.10 Å². The van der Waals surface area contributed by atoms with Crippen LogP contribution in [0.25, 0.3) is 10.8 Å². The van der Waals surface area contributed by atoms with E-state index in [-0.39, 0.29) is 17.2 Å². The van der Waals surface area contributed by atoms with Gasteiger partial charge in [-0.15, -0.1) is 0 Å². The van der Waals surface area contributed by atoms with Crippen molar-refractivity contribution in [2.24, 2.45) is 0 Å². The quantitative estimate of drug-likeness (QED) is 0.885. The zero-order valence-electron chi connectivity index (χ0n) is 11.9. The maximum atomic E-state index is 11.7. The van der Waals surface area contributed by atoms with Crippen molar-refractivity contribution < 1.29 is 19.4 Å².